The van der Waals surface area contributed by atoms with Crippen LogP contribution in [0.2, 0.25) is 0 Å². The molecule has 1 aromatic heterocycles. The van der Waals surface area contributed by atoms with E-state index in [-0.39, 0.29) is 5.56 Å². The zero-order chi connectivity index (χ0) is 11.3. The molecule has 0 radical (unpaired) electrons. The van der Waals surface area contributed by atoms with Gasteiger partial charge >= 0.3 is 0 Å². The summed E-state index contributed by atoms with van der Waals surface area (Å²) in [5.74, 6) is 0. The molecule has 5 heteroatoms. The minimum Gasteiger partial charge on any atom is -0.312 e. The van der Waals surface area contributed by atoms with Crippen LogP contribution in [0.3, 0.4) is 0 Å². The van der Waals surface area contributed by atoms with Crippen molar-refractivity contribution in [1.29, 1.82) is 0 Å². The molecule has 1 aromatic rings. The molecule has 0 aliphatic rings. The summed E-state index contributed by atoms with van der Waals surface area (Å²) >= 11 is 2.03. The Bertz CT molecular complexity index is 400. The van der Waals surface area contributed by atoms with Crippen LogP contribution in [-0.2, 0) is 6.54 Å². The van der Waals surface area contributed by atoms with Gasteiger partial charge in [0.25, 0.3) is 5.56 Å². The SMILES string of the molecule is C=CCNCCn1cnc(C)c(I)c1=O. The van der Waals surface area contributed by atoms with Gasteiger partial charge in [0, 0.05) is 19.6 Å². The molecule has 1 heterocycles. The Labute approximate surface area is 103 Å². The van der Waals surface area contributed by atoms with E-state index < -0.39 is 0 Å². The summed E-state index contributed by atoms with van der Waals surface area (Å²) in [5.41, 5.74) is 0.819. The van der Waals surface area contributed by atoms with Crippen LogP contribution in [0.5, 0.6) is 0 Å². The first-order valence-corrected chi connectivity index (χ1v) is 5.78. The predicted octanol–water partition coefficient (Wildman–Crippen LogP) is 0.932. The Balaban J connectivity index is 2.66. The lowest BCUT2D eigenvalue weighted by Gasteiger charge is -2.06. The lowest BCUT2D eigenvalue weighted by molar-refractivity contribution is 0.596. The first kappa shape index (κ1) is 12.4. The number of aryl methyl sites for hydroxylation is 1. The number of rotatable bonds is 5. The lowest BCUT2D eigenvalue weighted by Crippen LogP contribution is -2.29. The van der Waals surface area contributed by atoms with Crippen molar-refractivity contribution in [2.24, 2.45) is 0 Å². The smallest absolute Gasteiger partial charge is 0.267 e. The van der Waals surface area contributed by atoms with Gasteiger partial charge in [-0.1, -0.05) is 6.08 Å². The molecule has 0 unspecified atom stereocenters. The predicted molar refractivity (Wildman–Crippen MR) is 69.0 cm³/mol. The second kappa shape index (κ2) is 6.02. The van der Waals surface area contributed by atoms with Crippen molar-refractivity contribution in [3.05, 3.63) is 38.6 Å². The highest BCUT2D eigenvalue weighted by Gasteiger charge is 2.03. The Morgan fingerprint density at radius 3 is 3.13 bits per heavy atom. The average molecular weight is 319 g/mol. The number of aromatic nitrogens is 2. The van der Waals surface area contributed by atoms with E-state index >= 15 is 0 Å². The van der Waals surface area contributed by atoms with Crippen LogP contribution < -0.4 is 10.9 Å². The minimum absolute atomic E-state index is 0.0310. The van der Waals surface area contributed by atoms with Crippen molar-refractivity contribution >= 4 is 22.6 Å². The van der Waals surface area contributed by atoms with Crippen LogP contribution in [-0.4, -0.2) is 22.6 Å². The van der Waals surface area contributed by atoms with Gasteiger partial charge in [-0.2, -0.15) is 0 Å². The third kappa shape index (κ3) is 3.42. The van der Waals surface area contributed by atoms with Gasteiger partial charge in [-0.3, -0.25) is 9.36 Å². The minimum atomic E-state index is 0.0310. The van der Waals surface area contributed by atoms with Crippen LogP contribution in [0.25, 0.3) is 0 Å². The van der Waals surface area contributed by atoms with Crippen LogP contribution in [0.1, 0.15) is 5.69 Å². The quantitative estimate of drug-likeness (QED) is 0.499. The van der Waals surface area contributed by atoms with Gasteiger partial charge < -0.3 is 5.32 Å². The second-order valence-corrected chi connectivity index (χ2v) is 4.21. The zero-order valence-corrected chi connectivity index (χ0v) is 10.8. The van der Waals surface area contributed by atoms with Crippen LogP contribution >= 0.6 is 22.6 Å². The first-order chi connectivity index (χ1) is 7.16. The molecule has 0 aliphatic heterocycles. The summed E-state index contributed by atoms with van der Waals surface area (Å²) in [6.45, 7) is 7.57. The molecule has 0 bridgehead atoms. The molecular formula is C10H14IN3O. The highest BCUT2D eigenvalue weighted by Crippen LogP contribution is 2.00. The molecule has 0 aromatic carbocycles. The molecule has 0 saturated carbocycles. The Hall–Kier alpha value is -0.690. The second-order valence-electron chi connectivity index (χ2n) is 3.14. The van der Waals surface area contributed by atoms with E-state index in [1.165, 1.54) is 0 Å². The van der Waals surface area contributed by atoms with E-state index in [0.717, 1.165) is 18.8 Å². The number of hydrogen-bond donors (Lipinski definition) is 1. The Kier molecular flexibility index (Phi) is 4.97. The van der Waals surface area contributed by atoms with Gasteiger partial charge in [-0.25, -0.2) is 4.98 Å². The first-order valence-electron chi connectivity index (χ1n) is 4.70. The third-order valence-corrected chi connectivity index (χ3v) is 3.22. The largest absolute Gasteiger partial charge is 0.312 e. The fraction of sp³-hybridized carbons (Fsp3) is 0.400. The number of nitrogens with zero attached hydrogens (tertiary/aromatic N) is 2. The normalized spacial score (nSPS) is 10.3. The van der Waals surface area contributed by atoms with Crippen molar-refractivity contribution in [2.45, 2.75) is 13.5 Å². The summed E-state index contributed by atoms with van der Waals surface area (Å²) in [6.07, 6.45) is 3.38. The van der Waals surface area contributed by atoms with Crippen molar-refractivity contribution in [3.63, 3.8) is 0 Å². The average Bonchev–Trinajstić information content (AvgIpc) is 2.24. The molecule has 4 nitrogen and oxygen atoms in total. The van der Waals surface area contributed by atoms with Crippen molar-refractivity contribution in [2.75, 3.05) is 13.1 Å². The van der Waals surface area contributed by atoms with Crippen LogP contribution in [0.15, 0.2) is 23.8 Å². The number of hydrogen-bond acceptors (Lipinski definition) is 3. The maximum Gasteiger partial charge on any atom is 0.267 e. The standard InChI is InChI=1S/C10H14IN3O/c1-3-4-12-5-6-14-7-13-8(2)9(11)10(14)15/h3,7,12H,1,4-6H2,2H3. The highest BCUT2D eigenvalue weighted by molar-refractivity contribution is 14.1. The summed E-state index contributed by atoms with van der Waals surface area (Å²) in [7, 11) is 0. The highest BCUT2D eigenvalue weighted by atomic mass is 127. The van der Waals surface area contributed by atoms with Crippen molar-refractivity contribution < 1.29 is 0 Å². The van der Waals surface area contributed by atoms with Crippen molar-refractivity contribution in [1.82, 2.24) is 14.9 Å². The molecule has 15 heavy (non-hydrogen) atoms. The summed E-state index contributed by atoms with van der Waals surface area (Å²) in [5, 5.41) is 3.14. The maximum absolute atomic E-state index is 11.7. The van der Waals surface area contributed by atoms with Gasteiger partial charge in [-0.15, -0.1) is 6.58 Å². The molecule has 0 saturated heterocycles. The molecule has 0 amide bonds. The third-order valence-electron chi connectivity index (χ3n) is 1.98. The van der Waals surface area contributed by atoms with E-state index in [1.807, 2.05) is 29.5 Å². The monoisotopic (exact) mass is 319 g/mol. The van der Waals surface area contributed by atoms with Gasteiger partial charge in [-0.05, 0) is 29.5 Å². The summed E-state index contributed by atoms with van der Waals surface area (Å²) in [6, 6.07) is 0. The molecule has 1 N–H and O–H groups in total. The van der Waals surface area contributed by atoms with Gasteiger partial charge in [0.1, 0.15) is 0 Å². The van der Waals surface area contributed by atoms with E-state index in [0.29, 0.717) is 10.1 Å². The fourth-order valence-corrected chi connectivity index (χ4v) is 1.56. The summed E-state index contributed by atoms with van der Waals surface area (Å²) < 4.78 is 2.31. The van der Waals surface area contributed by atoms with Crippen LogP contribution in [0.4, 0.5) is 0 Å². The van der Waals surface area contributed by atoms with Gasteiger partial charge in [0.15, 0.2) is 0 Å². The molecular weight excluding hydrogens is 305 g/mol. The zero-order valence-electron chi connectivity index (χ0n) is 8.66. The number of nitrogens with one attached hydrogen (secondary N) is 1. The van der Waals surface area contributed by atoms with Gasteiger partial charge in [0.05, 0.1) is 15.6 Å². The lowest BCUT2D eigenvalue weighted by atomic mass is 10.4. The van der Waals surface area contributed by atoms with Crippen LogP contribution in [0, 0.1) is 10.5 Å². The maximum atomic E-state index is 11.7. The van der Waals surface area contributed by atoms with E-state index in [2.05, 4.69) is 16.9 Å². The fourth-order valence-electron chi connectivity index (χ4n) is 1.11. The molecule has 82 valence electrons. The van der Waals surface area contributed by atoms with E-state index in [1.54, 1.807) is 17.0 Å². The molecule has 1 rings (SSSR count). The molecule has 0 fully saturated rings. The Morgan fingerprint density at radius 1 is 1.73 bits per heavy atom. The molecule has 0 spiro atoms. The molecule has 0 atom stereocenters. The van der Waals surface area contributed by atoms with E-state index in [9.17, 15) is 4.79 Å². The summed E-state index contributed by atoms with van der Waals surface area (Å²) in [4.78, 5) is 15.9. The van der Waals surface area contributed by atoms with E-state index in [4.69, 9.17) is 0 Å². The van der Waals surface area contributed by atoms with Gasteiger partial charge in [0.2, 0.25) is 0 Å². The van der Waals surface area contributed by atoms with Crippen molar-refractivity contribution in [3.8, 4) is 0 Å². The number of halogens is 1. The molecule has 0 aliphatic carbocycles. The Morgan fingerprint density at radius 2 is 2.47 bits per heavy atom. The topological polar surface area (TPSA) is 46.9 Å².